The van der Waals surface area contributed by atoms with Crippen molar-refractivity contribution < 1.29 is 28.3 Å². The molecule has 1 aromatic carbocycles. The van der Waals surface area contributed by atoms with Gasteiger partial charge in [-0.1, -0.05) is 36.6 Å². The van der Waals surface area contributed by atoms with Crippen LogP contribution >= 0.6 is 11.6 Å². The van der Waals surface area contributed by atoms with E-state index in [9.17, 15) is 19.2 Å². The Hall–Kier alpha value is -3.46. The Bertz CT molecular complexity index is 1150. The van der Waals surface area contributed by atoms with Crippen LogP contribution in [0.4, 0.5) is 0 Å². The zero-order valence-electron chi connectivity index (χ0n) is 18.9. The summed E-state index contributed by atoms with van der Waals surface area (Å²) < 4.78 is 10.7. The van der Waals surface area contributed by atoms with Crippen LogP contribution in [0.3, 0.4) is 0 Å². The van der Waals surface area contributed by atoms with Crippen molar-refractivity contribution in [3.05, 3.63) is 59.0 Å². The van der Waals surface area contributed by atoms with Crippen LogP contribution in [0, 0.1) is 11.8 Å². The normalized spacial score (nSPS) is 23.9. The minimum Gasteiger partial charge on any atom is -0.467 e. The second-order valence-corrected chi connectivity index (χ2v) is 9.38. The lowest BCUT2D eigenvalue weighted by Gasteiger charge is -2.20. The average Bonchev–Trinajstić information content (AvgIpc) is 3.60. The number of benzene rings is 1. The molecular weight excluding hydrogens is 474 g/mol. The van der Waals surface area contributed by atoms with Crippen LogP contribution in [-0.2, 0) is 23.9 Å². The molecule has 0 radical (unpaired) electrons. The van der Waals surface area contributed by atoms with Gasteiger partial charge < -0.3 is 9.15 Å². The molecular formula is C25H24ClN3O6. The summed E-state index contributed by atoms with van der Waals surface area (Å²) in [6, 6.07) is 10.1. The van der Waals surface area contributed by atoms with Gasteiger partial charge in [0.15, 0.2) is 6.61 Å². The van der Waals surface area contributed by atoms with Crippen LogP contribution in [0.25, 0.3) is 0 Å². The number of hydrogen-bond acceptors (Lipinski definition) is 7. The van der Waals surface area contributed by atoms with Gasteiger partial charge in [0.25, 0.3) is 5.91 Å². The number of fused-ring (bicyclic) bond motifs is 1. The van der Waals surface area contributed by atoms with Gasteiger partial charge in [-0.3, -0.25) is 24.1 Å². The summed E-state index contributed by atoms with van der Waals surface area (Å²) in [6.45, 7) is -1.06. The lowest BCUT2D eigenvalue weighted by molar-refractivity contribution is -0.157. The number of imide groups is 1. The minimum atomic E-state index is -0.811. The van der Waals surface area contributed by atoms with Crippen molar-refractivity contribution in [2.45, 2.75) is 38.1 Å². The fourth-order valence-electron chi connectivity index (χ4n) is 5.03. The Morgan fingerprint density at radius 1 is 1.06 bits per heavy atom. The Labute approximate surface area is 206 Å². The number of carbonyl (C=O) groups is 4. The van der Waals surface area contributed by atoms with E-state index in [1.165, 1.54) is 11.3 Å². The molecule has 2 aromatic rings. The van der Waals surface area contributed by atoms with Gasteiger partial charge in [-0.15, -0.1) is 0 Å². The third-order valence-electron chi connectivity index (χ3n) is 6.79. The fourth-order valence-corrected chi connectivity index (χ4v) is 5.16. The highest BCUT2D eigenvalue weighted by Gasteiger charge is 2.48. The molecule has 3 unspecified atom stereocenters. The van der Waals surface area contributed by atoms with E-state index in [0.717, 1.165) is 23.3 Å². The SMILES string of the molecule is O=C(CN1C(=O)C2CCCCC2C1=O)OCC(=O)N1N=C(c2ccc(Cl)cc2)CC1c1ccco1. The maximum Gasteiger partial charge on any atom is 0.326 e. The van der Waals surface area contributed by atoms with Crippen molar-refractivity contribution in [2.75, 3.05) is 13.2 Å². The number of esters is 1. The maximum absolute atomic E-state index is 13.0. The molecule has 10 heteroatoms. The van der Waals surface area contributed by atoms with Crippen LogP contribution in [0.2, 0.25) is 5.02 Å². The fraction of sp³-hybridized carbons (Fsp3) is 0.400. The van der Waals surface area contributed by atoms with Crippen LogP contribution in [0.15, 0.2) is 52.2 Å². The van der Waals surface area contributed by atoms with Crippen molar-refractivity contribution >= 4 is 41.0 Å². The van der Waals surface area contributed by atoms with Crippen LogP contribution in [-0.4, -0.2) is 52.5 Å². The molecule has 3 atom stereocenters. The summed E-state index contributed by atoms with van der Waals surface area (Å²) >= 11 is 5.98. The van der Waals surface area contributed by atoms with E-state index in [0.29, 0.717) is 35.8 Å². The number of nitrogens with zero attached hydrogens (tertiary/aromatic N) is 3. The number of likely N-dealkylation sites (tertiary alicyclic amines) is 1. The quantitative estimate of drug-likeness (QED) is 0.447. The predicted molar refractivity (Wildman–Crippen MR) is 124 cm³/mol. The average molecular weight is 498 g/mol. The highest BCUT2D eigenvalue weighted by Crippen LogP contribution is 2.38. The Morgan fingerprint density at radius 3 is 2.37 bits per heavy atom. The van der Waals surface area contributed by atoms with Gasteiger partial charge >= 0.3 is 5.97 Å². The predicted octanol–water partition coefficient (Wildman–Crippen LogP) is 3.33. The smallest absolute Gasteiger partial charge is 0.326 e. The molecule has 1 saturated heterocycles. The molecule has 0 spiro atoms. The molecule has 182 valence electrons. The molecule has 0 N–H and O–H groups in total. The van der Waals surface area contributed by atoms with Crippen molar-refractivity contribution in [1.29, 1.82) is 0 Å². The topological polar surface area (TPSA) is 109 Å². The summed E-state index contributed by atoms with van der Waals surface area (Å²) in [4.78, 5) is 51.6. The molecule has 2 aliphatic heterocycles. The van der Waals surface area contributed by atoms with E-state index < -0.39 is 31.1 Å². The summed E-state index contributed by atoms with van der Waals surface area (Å²) in [5, 5.41) is 6.30. The second kappa shape index (κ2) is 9.65. The number of rotatable bonds is 6. The van der Waals surface area contributed by atoms with E-state index in [1.54, 1.807) is 24.3 Å². The third-order valence-corrected chi connectivity index (χ3v) is 7.04. The molecule has 1 aromatic heterocycles. The molecule has 2 fully saturated rings. The van der Waals surface area contributed by atoms with Crippen molar-refractivity contribution in [3.8, 4) is 0 Å². The van der Waals surface area contributed by atoms with Gasteiger partial charge in [-0.05, 0) is 42.7 Å². The van der Waals surface area contributed by atoms with Crippen LogP contribution in [0.5, 0.6) is 0 Å². The first kappa shape index (κ1) is 23.3. The molecule has 3 amide bonds. The number of ether oxygens (including phenoxy) is 1. The largest absolute Gasteiger partial charge is 0.467 e. The second-order valence-electron chi connectivity index (χ2n) is 8.95. The van der Waals surface area contributed by atoms with Crippen molar-refractivity contribution in [1.82, 2.24) is 9.91 Å². The number of carbonyl (C=O) groups excluding carboxylic acids is 4. The number of halogens is 1. The highest BCUT2D eigenvalue weighted by molar-refractivity contribution is 6.30. The number of amides is 3. The zero-order chi connectivity index (χ0) is 24.5. The van der Waals surface area contributed by atoms with Gasteiger partial charge in [0.1, 0.15) is 18.3 Å². The Morgan fingerprint density at radius 2 is 1.74 bits per heavy atom. The third kappa shape index (κ3) is 4.60. The number of hydrazone groups is 1. The van der Waals surface area contributed by atoms with E-state index in [4.69, 9.17) is 20.8 Å². The molecule has 35 heavy (non-hydrogen) atoms. The molecule has 1 saturated carbocycles. The Balaban J connectivity index is 1.24. The van der Waals surface area contributed by atoms with Gasteiger partial charge in [0, 0.05) is 11.4 Å². The first-order chi connectivity index (χ1) is 16.9. The molecule has 5 rings (SSSR count). The van der Waals surface area contributed by atoms with Crippen molar-refractivity contribution in [2.24, 2.45) is 16.9 Å². The Kier molecular flexibility index (Phi) is 6.42. The van der Waals surface area contributed by atoms with E-state index in [-0.39, 0.29) is 23.7 Å². The van der Waals surface area contributed by atoms with E-state index in [2.05, 4.69) is 5.10 Å². The lowest BCUT2D eigenvalue weighted by Crippen LogP contribution is -2.38. The van der Waals surface area contributed by atoms with Gasteiger partial charge in [-0.25, -0.2) is 5.01 Å². The number of hydrogen-bond donors (Lipinski definition) is 0. The standard InChI is InChI=1S/C25H24ClN3O6/c26-16-9-7-15(8-10-16)19-12-20(21-6-3-11-34-21)29(27-19)22(30)14-35-23(31)13-28-24(32)17-4-1-2-5-18(17)25(28)33/h3,6-11,17-18,20H,1-2,4-5,12-14H2. The molecule has 9 nitrogen and oxygen atoms in total. The molecule has 3 aliphatic rings. The minimum absolute atomic E-state index is 0.322. The summed E-state index contributed by atoms with van der Waals surface area (Å²) in [7, 11) is 0. The summed E-state index contributed by atoms with van der Waals surface area (Å²) in [5.74, 6) is -2.13. The van der Waals surface area contributed by atoms with Crippen molar-refractivity contribution in [3.63, 3.8) is 0 Å². The first-order valence-electron chi connectivity index (χ1n) is 11.6. The zero-order valence-corrected chi connectivity index (χ0v) is 19.6. The molecule has 1 aliphatic carbocycles. The number of furan rings is 1. The monoisotopic (exact) mass is 497 g/mol. The van der Waals surface area contributed by atoms with E-state index in [1.807, 2.05) is 12.1 Å². The lowest BCUT2D eigenvalue weighted by atomic mass is 9.81. The van der Waals surface area contributed by atoms with E-state index >= 15 is 0 Å². The highest BCUT2D eigenvalue weighted by atomic mass is 35.5. The summed E-state index contributed by atoms with van der Waals surface area (Å²) in [5.41, 5.74) is 1.48. The van der Waals surface area contributed by atoms with Gasteiger partial charge in [0.05, 0.1) is 23.8 Å². The first-order valence-corrected chi connectivity index (χ1v) is 12.0. The summed E-state index contributed by atoms with van der Waals surface area (Å²) in [6.07, 6.45) is 5.05. The van der Waals surface area contributed by atoms with Gasteiger partial charge in [-0.2, -0.15) is 5.10 Å². The van der Waals surface area contributed by atoms with Crippen LogP contribution < -0.4 is 0 Å². The molecule has 3 heterocycles. The maximum atomic E-state index is 13.0. The van der Waals surface area contributed by atoms with Gasteiger partial charge in [0.2, 0.25) is 11.8 Å². The molecule has 0 bridgehead atoms. The van der Waals surface area contributed by atoms with Crippen LogP contribution in [0.1, 0.15) is 49.5 Å².